The van der Waals surface area contributed by atoms with Crippen molar-refractivity contribution in [2.24, 2.45) is 0 Å². The molecular formula is C16H23NO5. The molecule has 0 spiro atoms. The second-order valence-electron chi connectivity index (χ2n) is 4.82. The van der Waals surface area contributed by atoms with Crippen LogP contribution in [0.1, 0.15) is 33.1 Å². The fourth-order valence-electron chi connectivity index (χ4n) is 2.04. The molecule has 0 unspecified atom stereocenters. The molecule has 1 atom stereocenters. The third kappa shape index (κ3) is 6.47. The molecule has 0 aromatic heterocycles. The molecule has 0 radical (unpaired) electrons. The molecule has 1 aromatic rings. The van der Waals surface area contributed by atoms with E-state index in [-0.39, 0.29) is 25.0 Å². The summed E-state index contributed by atoms with van der Waals surface area (Å²) in [6.45, 7) is 4.13. The highest BCUT2D eigenvalue weighted by atomic mass is 16.5. The van der Waals surface area contributed by atoms with Crippen LogP contribution in [0.2, 0.25) is 0 Å². The fraction of sp³-hybridized carbons (Fsp3) is 0.500. The first-order valence-corrected chi connectivity index (χ1v) is 7.42. The van der Waals surface area contributed by atoms with Gasteiger partial charge in [-0.05, 0) is 25.5 Å². The van der Waals surface area contributed by atoms with Crippen LogP contribution in [0.5, 0.6) is 11.5 Å². The smallest absolute Gasteiger partial charge is 0.305 e. The number of carboxylic acid groups (broad SMARTS) is 1. The average molecular weight is 309 g/mol. The summed E-state index contributed by atoms with van der Waals surface area (Å²) in [6, 6.07) is 6.73. The van der Waals surface area contributed by atoms with Gasteiger partial charge in [0, 0.05) is 6.04 Å². The molecule has 1 aromatic carbocycles. The quantitative estimate of drug-likeness (QED) is 0.692. The van der Waals surface area contributed by atoms with Crippen LogP contribution in [0, 0.1) is 0 Å². The van der Waals surface area contributed by atoms with Crippen molar-refractivity contribution in [3.8, 4) is 11.5 Å². The first-order valence-electron chi connectivity index (χ1n) is 7.42. The van der Waals surface area contributed by atoms with Crippen molar-refractivity contribution in [3.63, 3.8) is 0 Å². The van der Waals surface area contributed by atoms with E-state index in [1.807, 2.05) is 19.9 Å². The summed E-state index contributed by atoms with van der Waals surface area (Å²) in [4.78, 5) is 22.6. The molecule has 6 nitrogen and oxygen atoms in total. The van der Waals surface area contributed by atoms with E-state index in [0.29, 0.717) is 24.5 Å². The number of rotatable bonds is 10. The van der Waals surface area contributed by atoms with Crippen LogP contribution >= 0.6 is 0 Å². The molecule has 0 saturated carbocycles. The number of nitrogens with one attached hydrogen (secondary N) is 1. The number of ether oxygens (including phenoxy) is 2. The minimum Gasteiger partial charge on any atom is -0.490 e. The monoisotopic (exact) mass is 309 g/mol. The molecule has 0 aliphatic rings. The van der Waals surface area contributed by atoms with E-state index in [2.05, 4.69) is 5.32 Å². The molecule has 122 valence electrons. The maximum absolute atomic E-state index is 11.9. The summed E-state index contributed by atoms with van der Waals surface area (Å²) in [7, 11) is 0. The molecule has 1 rings (SSSR count). The van der Waals surface area contributed by atoms with Crippen LogP contribution in [-0.4, -0.2) is 36.2 Å². The van der Waals surface area contributed by atoms with E-state index < -0.39 is 5.97 Å². The third-order valence-corrected chi connectivity index (χ3v) is 2.93. The molecular weight excluding hydrogens is 286 g/mol. The van der Waals surface area contributed by atoms with Crippen LogP contribution < -0.4 is 14.8 Å². The van der Waals surface area contributed by atoms with Gasteiger partial charge < -0.3 is 19.9 Å². The third-order valence-electron chi connectivity index (χ3n) is 2.93. The van der Waals surface area contributed by atoms with Gasteiger partial charge in [0.2, 0.25) is 0 Å². The molecule has 0 heterocycles. The van der Waals surface area contributed by atoms with Gasteiger partial charge in [0.1, 0.15) is 0 Å². The van der Waals surface area contributed by atoms with Crippen LogP contribution in [0.3, 0.4) is 0 Å². The number of amides is 1. The van der Waals surface area contributed by atoms with Gasteiger partial charge >= 0.3 is 5.97 Å². The van der Waals surface area contributed by atoms with Crippen LogP contribution in [0.15, 0.2) is 24.3 Å². The Morgan fingerprint density at radius 1 is 1.18 bits per heavy atom. The number of hydrogen-bond donors (Lipinski definition) is 2. The largest absolute Gasteiger partial charge is 0.490 e. The van der Waals surface area contributed by atoms with Crippen LogP contribution in [0.25, 0.3) is 0 Å². The molecule has 6 heteroatoms. The lowest BCUT2D eigenvalue weighted by molar-refractivity contribution is -0.137. The predicted octanol–water partition coefficient (Wildman–Crippen LogP) is 2.22. The van der Waals surface area contributed by atoms with Gasteiger partial charge in [-0.25, -0.2) is 0 Å². The summed E-state index contributed by atoms with van der Waals surface area (Å²) in [6.07, 6.45) is 1.33. The van der Waals surface area contributed by atoms with E-state index >= 15 is 0 Å². The van der Waals surface area contributed by atoms with Crippen molar-refractivity contribution in [3.05, 3.63) is 24.3 Å². The number of carbonyl (C=O) groups excluding carboxylic acids is 1. The van der Waals surface area contributed by atoms with Crippen LogP contribution in [-0.2, 0) is 9.59 Å². The molecule has 0 aliphatic carbocycles. The molecule has 22 heavy (non-hydrogen) atoms. The molecule has 1 amide bonds. The summed E-state index contributed by atoms with van der Waals surface area (Å²) < 4.78 is 10.9. The van der Waals surface area contributed by atoms with Gasteiger partial charge in [0.15, 0.2) is 18.1 Å². The van der Waals surface area contributed by atoms with Gasteiger partial charge in [-0.2, -0.15) is 0 Å². The number of aliphatic carboxylic acids is 1. The lowest BCUT2D eigenvalue weighted by atomic mass is 10.1. The molecule has 0 fully saturated rings. The highest BCUT2D eigenvalue weighted by molar-refractivity contribution is 5.78. The van der Waals surface area contributed by atoms with Crippen molar-refractivity contribution >= 4 is 11.9 Å². The first kappa shape index (κ1) is 17.8. The standard InChI is InChI=1S/C16H23NO5/c1-3-7-12(10-16(19)20)17-15(18)11-22-14-9-6-5-8-13(14)21-4-2/h5-6,8-9,12H,3-4,7,10-11H2,1-2H3,(H,17,18)(H,19,20)/t12-/m0/s1. The number of carboxylic acids is 1. The topological polar surface area (TPSA) is 84.9 Å². The van der Waals surface area contributed by atoms with E-state index in [1.54, 1.807) is 18.2 Å². The van der Waals surface area contributed by atoms with E-state index in [0.717, 1.165) is 6.42 Å². The van der Waals surface area contributed by atoms with E-state index in [9.17, 15) is 9.59 Å². The van der Waals surface area contributed by atoms with Crippen molar-refractivity contribution in [1.29, 1.82) is 0 Å². The maximum Gasteiger partial charge on any atom is 0.305 e. The summed E-state index contributed by atoms with van der Waals surface area (Å²) >= 11 is 0. The Morgan fingerprint density at radius 2 is 1.82 bits per heavy atom. The zero-order valence-electron chi connectivity index (χ0n) is 13.0. The number of para-hydroxylation sites is 2. The van der Waals surface area contributed by atoms with E-state index in [4.69, 9.17) is 14.6 Å². The lowest BCUT2D eigenvalue weighted by Crippen LogP contribution is -2.39. The predicted molar refractivity (Wildman–Crippen MR) is 82.2 cm³/mol. The van der Waals surface area contributed by atoms with Crippen molar-refractivity contribution in [1.82, 2.24) is 5.32 Å². The Hall–Kier alpha value is -2.24. The summed E-state index contributed by atoms with van der Waals surface area (Å²) in [5.41, 5.74) is 0. The molecule has 0 saturated heterocycles. The Morgan fingerprint density at radius 3 is 2.36 bits per heavy atom. The molecule has 0 bridgehead atoms. The fourth-order valence-corrected chi connectivity index (χ4v) is 2.04. The van der Waals surface area contributed by atoms with Gasteiger partial charge in [-0.3, -0.25) is 9.59 Å². The van der Waals surface area contributed by atoms with Gasteiger partial charge in [0.05, 0.1) is 13.0 Å². The van der Waals surface area contributed by atoms with Crippen molar-refractivity contribution in [2.75, 3.05) is 13.2 Å². The highest BCUT2D eigenvalue weighted by Crippen LogP contribution is 2.26. The van der Waals surface area contributed by atoms with Gasteiger partial charge in [0.25, 0.3) is 5.91 Å². The maximum atomic E-state index is 11.9. The highest BCUT2D eigenvalue weighted by Gasteiger charge is 2.16. The Bertz CT molecular complexity index is 489. The Balaban J connectivity index is 2.52. The summed E-state index contributed by atoms with van der Waals surface area (Å²) in [5, 5.41) is 11.5. The normalized spacial score (nSPS) is 11.5. The number of benzene rings is 1. The van der Waals surface area contributed by atoms with Gasteiger partial charge in [-0.15, -0.1) is 0 Å². The zero-order chi connectivity index (χ0) is 16.4. The minimum absolute atomic E-state index is 0.0882. The summed E-state index contributed by atoms with van der Waals surface area (Å²) in [5.74, 6) is -0.203. The number of hydrogen-bond acceptors (Lipinski definition) is 4. The van der Waals surface area contributed by atoms with E-state index in [1.165, 1.54) is 0 Å². The first-order chi connectivity index (χ1) is 10.6. The Kier molecular flexibility index (Phi) is 7.81. The zero-order valence-corrected chi connectivity index (χ0v) is 13.0. The molecule has 2 N–H and O–H groups in total. The molecule has 0 aliphatic heterocycles. The van der Waals surface area contributed by atoms with Crippen molar-refractivity contribution < 1.29 is 24.2 Å². The minimum atomic E-state index is -0.929. The average Bonchev–Trinajstić information content (AvgIpc) is 2.46. The Labute approximate surface area is 130 Å². The van der Waals surface area contributed by atoms with Gasteiger partial charge in [-0.1, -0.05) is 25.5 Å². The lowest BCUT2D eigenvalue weighted by Gasteiger charge is -2.17. The number of carbonyl (C=O) groups is 2. The second-order valence-corrected chi connectivity index (χ2v) is 4.82. The second kappa shape index (κ2) is 9.65. The van der Waals surface area contributed by atoms with Crippen LogP contribution in [0.4, 0.5) is 0 Å². The SMILES string of the molecule is CCC[C@@H](CC(=O)O)NC(=O)COc1ccccc1OCC. The van der Waals surface area contributed by atoms with Crippen molar-refractivity contribution in [2.45, 2.75) is 39.2 Å².